The topological polar surface area (TPSA) is 37.8 Å². The molecule has 0 spiro atoms. The molecule has 3 aromatic rings. The van der Waals surface area contributed by atoms with Crippen molar-refractivity contribution >= 4 is 27.9 Å². The van der Waals surface area contributed by atoms with Crippen molar-refractivity contribution in [2.45, 2.75) is 26.3 Å². The molecule has 0 saturated heterocycles. The number of rotatable bonds is 4. The van der Waals surface area contributed by atoms with Gasteiger partial charge >= 0.3 is 0 Å². The molecule has 1 aromatic carbocycles. The zero-order valence-electron chi connectivity index (χ0n) is 11.6. The first-order valence-electron chi connectivity index (χ1n) is 6.74. The van der Waals surface area contributed by atoms with Crippen LogP contribution in [-0.2, 0) is 6.42 Å². The Morgan fingerprint density at radius 3 is 2.85 bits per heavy atom. The van der Waals surface area contributed by atoms with Gasteiger partial charge in [-0.15, -0.1) is 16.4 Å². The third kappa shape index (κ3) is 2.80. The van der Waals surface area contributed by atoms with Gasteiger partial charge in [0.05, 0.1) is 6.20 Å². The van der Waals surface area contributed by atoms with E-state index in [0.717, 1.165) is 23.0 Å². The van der Waals surface area contributed by atoms with Gasteiger partial charge in [-0.25, -0.2) is 0 Å². The monoisotopic (exact) mass is 283 g/mol. The molecule has 0 aliphatic rings. The first kappa shape index (κ1) is 13.1. The van der Waals surface area contributed by atoms with Crippen LogP contribution in [-0.4, -0.2) is 16.2 Å². The molecule has 102 valence electrons. The second kappa shape index (κ2) is 5.59. The third-order valence-electron chi connectivity index (χ3n) is 3.26. The number of hydrogen-bond acceptors (Lipinski definition) is 4. The number of anilines is 1. The van der Waals surface area contributed by atoms with Gasteiger partial charge in [0.25, 0.3) is 0 Å². The van der Waals surface area contributed by atoms with Crippen molar-refractivity contribution in [3.8, 4) is 0 Å². The van der Waals surface area contributed by atoms with Crippen LogP contribution in [0.5, 0.6) is 0 Å². The summed E-state index contributed by atoms with van der Waals surface area (Å²) in [4.78, 5) is 2.76. The van der Waals surface area contributed by atoms with Gasteiger partial charge in [0.15, 0.2) is 5.82 Å². The van der Waals surface area contributed by atoms with E-state index in [1.165, 1.54) is 9.75 Å². The Bertz CT molecular complexity index is 715. The van der Waals surface area contributed by atoms with E-state index < -0.39 is 0 Å². The highest BCUT2D eigenvalue weighted by atomic mass is 32.1. The molecule has 2 heterocycles. The predicted octanol–water partition coefficient (Wildman–Crippen LogP) is 4.04. The molecule has 0 aliphatic heterocycles. The van der Waals surface area contributed by atoms with E-state index in [4.69, 9.17) is 0 Å². The highest BCUT2D eigenvalue weighted by Gasteiger charge is 2.09. The first-order valence-corrected chi connectivity index (χ1v) is 7.56. The lowest BCUT2D eigenvalue weighted by Crippen LogP contribution is -2.18. The number of aryl methyl sites for hydroxylation is 1. The normalized spacial score (nSPS) is 12.5. The van der Waals surface area contributed by atoms with Crippen LogP contribution in [0.25, 0.3) is 10.8 Å². The van der Waals surface area contributed by atoms with Crippen LogP contribution in [0.15, 0.2) is 42.6 Å². The average molecular weight is 283 g/mol. The average Bonchev–Trinajstić information content (AvgIpc) is 2.84. The van der Waals surface area contributed by atoms with Crippen molar-refractivity contribution in [3.05, 3.63) is 52.3 Å². The largest absolute Gasteiger partial charge is 0.365 e. The lowest BCUT2D eigenvalue weighted by atomic mass is 10.1. The molecule has 3 rings (SSSR count). The Balaban J connectivity index is 1.79. The number of benzene rings is 1. The van der Waals surface area contributed by atoms with Gasteiger partial charge in [0.2, 0.25) is 0 Å². The molecule has 2 aromatic heterocycles. The fourth-order valence-corrected chi connectivity index (χ4v) is 3.33. The number of nitrogens with one attached hydrogen (secondary N) is 1. The minimum Gasteiger partial charge on any atom is -0.365 e. The molecule has 0 radical (unpaired) electrons. The van der Waals surface area contributed by atoms with Crippen molar-refractivity contribution in [1.29, 1.82) is 0 Å². The fourth-order valence-electron chi connectivity index (χ4n) is 2.32. The third-order valence-corrected chi connectivity index (χ3v) is 4.28. The van der Waals surface area contributed by atoms with E-state index in [1.807, 2.05) is 23.5 Å². The molecule has 3 nitrogen and oxygen atoms in total. The van der Waals surface area contributed by atoms with E-state index in [0.29, 0.717) is 6.04 Å². The van der Waals surface area contributed by atoms with Crippen LogP contribution in [0.4, 0.5) is 5.82 Å². The predicted molar refractivity (Wildman–Crippen MR) is 85.4 cm³/mol. The van der Waals surface area contributed by atoms with Crippen LogP contribution < -0.4 is 5.32 Å². The van der Waals surface area contributed by atoms with Gasteiger partial charge in [-0.3, -0.25) is 0 Å². The van der Waals surface area contributed by atoms with Gasteiger partial charge in [0, 0.05) is 33.0 Å². The lowest BCUT2D eigenvalue weighted by Gasteiger charge is -2.14. The fraction of sp³-hybridized carbons (Fsp3) is 0.250. The summed E-state index contributed by atoms with van der Waals surface area (Å²) in [6, 6.07) is 12.9. The summed E-state index contributed by atoms with van der Waals surface area (Å²) < 4.78 is 0. The van der Waals surface area contributed by atoms with Gasteiger partial charge in [-0.1, -0.05) is 24.3 Å². The van der Waals surface area contributed by atoms with Gasteiger partial charge in [-0.2, -0.15) is 5.10 Å². The summed E-state index contributed by atoms with van der Waals surface area (Å²) >= 11 is 1.85. The van der Waals surface area contributed by atoms with E-state index in [9.17, 15) is 0 Å². The highest BCUT2D eigenvalue weighted by molar-refractivity contribution is 7.11. The molecule has 4 heteroatoms. The molecule has 1 atom stereocenters. The standard InChI is InChI=1S/C16H17N3S/c1-11(9-14-8-7-12(2)20-14)18-16-15-6-4-3-5-13(15)10-17-19-16/h3-8,10-11H,9H2,1-2H3,(H,18,19). The van der Waals surface area contributed by atoms with Gasteiger partial charge in [-0.05, 0) is 26.0 Å². The summed E-state index contributed by atoms with van der Waals surface area (Å²) in [6.07, 6.45) is 2.80. The number of thiophene rings is 1. The maximum Gasteiger partial charge on any atom is 0.156 e. The number of aromatic nitrogens is 2. The zero-order chi connectivity index (χ0) is 13.9. The van der Waals surface area contributed by atoms with Crippen LogP contribution >= 0.6 is 11.3 Å². The van der Waals surface area contributed by atoms with E-state index in [-0.39, 0.29) is 0 Å². The number of hydrogen-bond donors (Lipinski definition) is 1. The molecule has 0 aliphatic carbocycles. The molecule has 0 amide bonds. The van der Waals surface area contributed by atoms with Crippen molar-refractivity contribution in [1.82, 2.24) is 10.2 Å². The second-order valence-corrected chi connectivity index (χ2v) is 6.41. The van der Waals surface area contributed by atoms with Crippen molar-refractivity contribution in [3.63, 3.8) is 0 Å². The Morgan fingerprint density at radius 1 is 1.20 bits per heavy atom. The zero-order valence-corrected chi connectivity index (χ0v) is 12.4. The summed E-state index contributed by atoms with van der Waals surface area (Å²) in [7, 11) is 0. The molecule has 0 fully saturated rings. The van der Waals surface area contributed by atoms with Crippen molar-refractivity contribution in [2.24, 2.45) is 0 Å². The van der Waals surface area contributed by atoms with Gasteiger partial charge < -0.3 is 5.32 Å². The van der Waals surface area contributed by atoms with Crippen LogP contribution in [0.2, 0.25) is 0 Å². The molecule has 1 N–H and O–H groups in total. The minimum atomic E-state index is 0.327. The van der Waals surface area contributed by atoms with Crippen LogP contribution in [0.3, 0.4) is 0 Å². The smallest absolute Gasteiger partial charge is 0.156 e. The summed E-state index contributed by atoms with van der Waals surface area (Å²) in [5.74, 6) is 0.865. The molecule has 1 unspecified atom stereocenters. The summed E-state index contributed by atoms with van der Waals surface area (Å²) in [5.41, 5.74) is 0. The summed E-state index contributed by atoms with van der Waals surface area (Å²) in [6.45, 7) is 4.32. The van der Waals surface area contributed by atoms with Crippen LogP contribution in [0.1, 0.15) is 16.7 Å². The van der Waals surface area contributed by atoms with E-state index in [2.05, 4.69) is 53.6 Å². The highest BCUT2D eigenvalue weighted by Crippen LogP contribution is 2.22. The summed E-state index contributed by atoms with van der Waals surface area (Å²) in [5, 5.41) is 14.0. The van der Waals surface area contributed by atoms with Crippen molar-refractivity contribution < 1.29 is 0 Å². The first-order chi connectivity index (χ1) is 9.72. The SMILES string of the molecule is Cc1ccc(CC(C)Nc2nncc3ccccc23)s1. The van der Waals surface area contributed by atoms with E-state index >= 15 is 0 Å². The van der Waals surface area contributed by atoms with Crippen molar-refractivity contribution in [2.75, 3.05) is 5.32 Å². The molecular formula is C16H17N3S. The Kier molecular flexibility index (Phi) is 3.65. The Hall–Kier alpha value is -1.94. The van der Waals surface area contributed by atoms with E-state index in [1.54, 1.807) is 6.20 Å². The second-order valence-electron chi connectivity index (χ2n) is 5.04. The minimum absolute atomic E-state index is 0.327. The molecule has 0 saturated carbocycles. The number of fused-ring (bicyclic) bond motifs is 1. The maximum absolute atomic E-state index is 4.24. The lowest BCUT2D eigenvalue weighted by molar-refractivity contribution is 0.791. The maximum atomic E-state index is 4.24. The van der Waals surface area contributed by atoms with Crippen LogP contribution in [0, 0.1) is 6.92 Å². The quantitative estimate of drug-likeness (QED) is 0.785. The Labute approximate surface area is 122 Å². The molecule has 0 bridgehead atoms. The molecular weight excluding hydrogens is 266 g/mol. The van der Waals surface area contributed by atoms with Gasteiger partial charge in [0.1, 0.15) is 0 Å². The molecule has 20 heavy (non-hydrogen) atoms. The number of nitrogens with zero attached hydrogens (tertiary/aromatic N) is 2. The Morgan fingerprint density at radius 2 is 2.05 bits per heavy atom.